The highest BCUT2D eigenvalue weighted by atomic mass is 16.5. The maximum atomic E-state index is 12.9. The number of imidazole rings is 1. The number of methoxy groups -OCH3 is 1. The first kappa shape index (κ1) is 17.0. The Morgan fingerprint density at radius 3 is 2.59 bits per heavy atom. The fourth-order valence-electron chi connectivity index (χ4n) is 3.35. The van der Waals surface area contributed by atoms with Gasteiger partial charge in [0.05, 0.1) is 12.7 Å². The monoisotopic (exact) mass is 357 g/mol. The minimum atomic E-state index is 0.0278. The van der Waals surface area contributed by atoms with Gasteiger partial charge in [-0.05, 0) is 17.0 Å². The van der Waals surface area contributed by atoms with Gasteiger partial charge in [-0.3, -0.25) is 4.79 Å². The lowest BCUT2D eigenvalue weighted by Gasteiger charge is -2.10. The average Bonchev–Trinajstić information content (AvgIpc) is 3.14. The van der Waals surface area contributed by atoms with Crippen LogP contribution in [0.15, 0.2) is 85.5 Å². The van der Waals surface area contributed by atoms with E-state index in [0.717, 1.165) is 17.3 Å². The third-order valence-corrected chi connectivity index (χ3v) is 4.66. The highest BCUT2D eigenvalue weighted by Crippen LogP contribution is 2.30. The summed E-state index contributed by atoms with van der Waals surface area (Å²) < 4.78 is 9.54. The molecule has 0 aliphatic heterocycles. The molecule has 3 aromatic carbocycles. The van der Waals surface area contributed by atoms with E-state index in [2.05, 4.69) is 16.7 Å². The summed E-state index contributed by atoms with van der Waals surface area (Å²) in [5.74, 6) is 0.669. The van der Waals surface area contributed by atoms with E-state index >= 15 is 0 Å². The number of aromatic nitrogens is 2. The zero-order chi connectivity index (χ0) is 18.6. The summed E-state index contributed by atoms with van der Waals surface area (Å²) >= 11 is 0. The molecular formula is C23H21N2O2+. The molecule has 0 radical (unpaired) electrons. The first-order chi connectivity index (χ1) is 13.2. The summed E-state index contributed by atoms with van der Waals surface area (Å²) in [6.45, 7) is 1.05. The van der Waals surface area contributed by atoms with Crippen molar-refractivity contribution in [2.75, 3.05) is 7.11 Å². The number of ketones is 1. The molecule has 0 saturated carbocycles. The summed E-state index contributed by atoms with van der Waals surface area (Å²) in [5.41, 5.74) is 1.84. The van der Waals surface area contributed by atoms with Crippen molar-refractivity contribution in [3.8, 4) is 5.75 Å². The lowest BCUT2D eigenvalue weighted by molar-refractivity contribution is -0.687. The largest absolute Gasteiger partial charge is 0.495 e. The molecule has 0 amide bonds. The molecular weight excluding hydrogens is 336 g/mol. The molecule has 0 bridgehead atoms. The van der Waals surface area contributed by atoms with Crippen LogP contribution < -0.4 is 9.30 Å². The summed E-state index contributed by atoms with van der Waals surface area (Å²) in [6.07, 6.45) is 5.87. The minimum absolute atomic E-state index is 0.0278. The van der Waals surface area contributed by atoms with Crippen molar-refractivity contribution >= 4 is 16.6 Å². The number of carbonyl (C=O) groups excluding carboxylic acids is 1. The molecule has 1 heterocycles. The number of ether oxygens (including phenoxy) is 1. The molecule has 4 heteroatoms. The van der Waals surface area contributed by atoms with Crippen LogP contribution in [0.5, 0.6) is 5.75 Å². The molecule has 0 spiro atoms. The van der Waals surface area contributed by atoms with Crippen LogP contribution in [-0.4, -0.2) is 17.5 Å². The van der Waals surface area contributed by atoms with E-state index < -0.39 is 0 Å². The van der Waals surface area contributed by atoms with Gasteiger partial charge in [-0.1, -0.05) is 60.7 Å². The van der Waals surface area contributed by atoms with Gasteiger partial charge >= 0.3 is 0 Å². The zero-order valence-electron chi connectivity index (χ0n) is 15.2. The van der Waals surface area contributed by atoms with E-state index in [1.807, 2.05) is 77.9 Å². The number of rotatable bonds is 6. The molecule has 27 heavy (non-hydrogen) atoms. The fraction of sp³-hybridized carbons (Fsp3) is 0.130. The van der Waals surface area contributed by atoms with E-state index in [1.54, 1.807) is 7.11 Å². The molecule has 0 unspecified atom stereocenters. The summed E-state index contributed by atoms with van der Waals surface area (Å²) in [6, 6.07) is 22.0. The second-order valence-corrected chi connectivity index (χ2v) is 6.53. The number of hydrogen-bond acceptors (Lipinski definition) is 2. The first-order valence-electron chi connectivity index (χ1n) is 8.92. The molecule has 4 rings (SSSR count). The minimum Gasteiger partial charge on any atom is -0.495 e. The van der Waals surface area contributed by atoms with E-state index in [-0.39, 0.29) is 12.3 Å². The van der Waals surface area contributed by atoms with Crippen LogP contribution in [0.3, 0.4) is 0 Å². The Kier molecular flexibility index (Phi) is 4.71. The van der Waals surface area contributed by atoms with Gasteiger partial charge in [0.25, 0.3) is 0 Å². The predicted molar refractivity (Wildman–Crippen MR) is 105 cm³/mol. The second-order valence-electron chi connectivity index (χ2n) is 6.53. The SMILES string of the molecule is COc1c(C(=O)Cn2cc[n+](Cc3ccccc3)c2)ccc2ccccc12. The maximum Gasteiger partial charge on any atom is 0.244 e. The number of hydrogen-bond donors (Lipinski definition) is 0. The predicted octanol–water partition coefficient (Wildman–Crippen LogP) is 3.87. The van der Waals surface area contributed by atoms with Gasteiger partial charge in [-0.15, -0.1) is 0 Å². The van der Waals surface area contributed by atoms with Gasteiger partial charge in [0.1, 0.15) is 24.7 Å². The van der Waals surface area contributed by atoms with Crippen molar-refractivity contribution in [2.45, 2.75) is 13.1 Å². The Labute approximate surface area is 158 Å². The van der Waals surface area contributed by atoms with Crippen molar-refractivity contribution in [1.29, 1.82) is 0 Å². The van der Waals surface area contributed by atoms with Gasteiger partial charge in [0, 0.05) is 5.39 Å². The van der Waals surface area contributed by atoms with Gasteiger partial charge < -0.3 is 4.74 Å². The van der Waals surface area contributed by atoms with Crippen molar-refractivity contribution in [3.05, 3.63) is 96.6 Å². The summed E-state index contributed by atoms with van der Waals surface area (Å²) in [5, 5.41) is 2.02. The lowest BCUT2D eigenvalue weighted by Crippen LogP contribution is -2.31. The second kappa shape index (κ2) is 7.46. The highest BCUT2D eigenvalue weighted by molar-refractivity contribution is 6.04. The van der Waals surface area contributed by atoms with Crippen molar-refractivity contribution in [2.24, 2.45) is 0 Å². The Hall–Kier alpha value is -3.40. The first-order valence-corrected chi connectivity index (χ1v) is 8.92. The van der Waals surface area contributed by atoms with Crippen LogP contribution in [0, 0.1) is 0 Å². The molecule has 4 aromatic rings. The fourth-order valence-corrected chi connectivity index (χ4v) is 3.35. The van der Waals surface area contributed by atoms with Crippen LogP contribution in [0.1, 0.15) is 15.9 Å². The summed E-state index contributed by atoms with van der Waals surface area (Å²) in [4.78, 5) is 12.9. The van der Waals surface area contributed by atoms with Crippen molar-refractivity contribution in [1.82, 2.24) is 4.57 Å². The van der Waals surface area contributed by atoms with Crippen molar-refractivity contribution < 1.29 is 14.1 Å². The standard InChI is InChI=1S/C23H21N2O2/c1-27-23-20-10-6-5-9-19(20)11-12-21(23)22(26)16-25-14-13-24(17-25)15-18-7-3-2-4-8-18/h2-14,17H,15-16H2,1H3/q+1. The molecule has 1 aromatic heterocycles. The Bertz CT molecular complexity index is 1080. The van der Waals surface area contributed by atoms with E-state index in [1.165, 1.54) is 5.56 Å². The van der Waals surface area contributed by atoms with Crippen LogP contribution in [0.4, 0.5) is 0 Å². The normalized spacial score (nSPS) is 10.9. The Balaban J connectivity index is 1.55. The molecule has 0 aliphatic carbocycles. The van der Waals surface area contributed by atoms with Gasteiger partial charge in [0.2, 0.25) is 12.1 Å². The van der Waals surface area contributed by atoms with E-state index in [4.69, 9.17) is 4.74 Å². The smallest absolute Gasteiger partial charge is 0.244 e. The third kappa shape index (κ3) is 3.60. The van der Waals surface area contributed by atoms with Gasteiger partial charge in [-0.2, -0.15) is 0 Å². The topological polar surface area (TPSA) is 35.1 Å². The number of Topliss-reactive ketones (excluding diaryl/α,β-unsaturated/α-hetero) is 1. The van der Waals surface area contributed by atoms with Gasteiger partial charge in [-0.25, -0.2) is 9.13 Å². The molecule has 0 N–H and O–H groups in total. The number of nitrogens with zero attached hydrogens (tertiary/aromatic N) is 2. The molecule has 0 aliphatic rings. The number of carbonyl (C=O) groups is 1. The summed E-state index contributed by atoms with van der Waals surface area (Å²) in [7, 11) is 1.61. The van der Waals surface area contributed by atoms with Gasteiger partial charge in [0.15, 0.2) is 6.54 Å². The highest BCUT2D eigenvalue weighted by Gasteiger charge is 2.18. The number of fused-ring (bicyclic) bond motifs is 1. The van der Waals surface area contributed by atoms with Crippen LogP contribution in [-0.2, 0) is 13.1 Å². The zero-order valence-corrected chi connectivity index (χ0v) is 15.2. The van der Waals surface area contributed by atoms with E-state index in [0.29, 0.717) is 11.3 Å². The molecule has 134 valence electrons. The third-order valence-electron chi connectivity index (χ3n) is 4.66. The molecule has 4 nitrogen and oxygen atoms in total. The van der Waals surface area contributed by atoms with Crippen molar-refractivity contribution in [3.63, 3.8) is 0 Å². The number of benzene rings is 3. The maximum absolute atomic E-state index is 12.9. The quantitative estimate of drug-likeness (QED) is 0.388. The Morgan fingerprint density at radius 2 is 1.78 bits per heavy atom. The van der Waals surface area contributed by atoms with E-state index in [9.17, 15) is 4.79 Å². The van der Waals surface area contributed by atoms with Crippen LogP contribution >= 0.6 is 0 Å². The Morgan fingerprint density at radius 1 is 1.00 bits per heavy atom. The molecule has 0 atom stereocenters. The molecule has 0 fully saturated rings. The molecule has 0 saturated heterocycles. The van der Waals surface area contributed by atoms with Crippen LogP contribution in [0.2, 0.25) is 0 Å². The van der Waals surface area contributed by atoms with Crippen LogP contribution in [0.25, 0.3) is 10.8 Å². The lowest BCUT2D eigenvalue weighted by atomic mass is 10.0. The average molecular weight is 357 g/mol.